The Kier molecular flexibility index (Phi) is 5.15. The van der Waals surface area contributed by atoms with Crippen LogP contribution in [0.3, 0.4) is 0 Å². The van der Waals surface area contributed by atoms with Crippen molar-refractivity contribution in [2.45, 2.75) is 32.4 Å². The van der Waals surface area contributed by atoms with Crippen molar-refractivity contribution in [1.82, 2.24) is 4.90 Å². The van der Waals surface area contributed by atoms with Crippen molar-refractivity contribution in [3.8, 4) is 0 Å². The first-order valence-electron chi connectivity index (χ1n) is 6.46. The SMILES string of the molecule is CCC1CN(Cc2cc(F)cc(Br)c2)CCCO1. The van der Waals surface area contributed by atoms with Crippen molar-refractivity contribution in [3.05, 3.63) is 34.1 Å². The van der Waals surface area contributed by atoms with Crippen LogP contribution in [-0.4, -0.2) is 30.7 Å². The van der Waals surface area contributed by atoms with Crippen LogP contribution >= 0.6 is 15.9 Å². The van der Waals surface area contributed by atoms with Gasteiger partial charge in [-0.1, -0.05) is 22.9 Å². The molecule has 0 aliphatic carbocycles. The molecule has 0 amide bonds. The first kappa shape index (κ1) is 14.0. The Morgan fingerprint density at radius 1 is 1.44 bits per heavy atom. The van der Waals surface area contributed by atoms with Gasteiger partial charge in [-0.2, -0.15) is 0 Å². The maximum Gasteiger partial charge on any atom is 0.124 e. The molecule has 0 saturated carbocycles. The van der Waals surface area contributed by atoms with Gasteiger partial charge in [-0.05, 0) is 36.6 Å². The lowest BCUT2D eigenvalue weighted by atomic mass is 10.2. The quantitative estimate of drug-likeness (QED) is 0.845. The Balaban J connectivity index is 2.02. The fourth-order valence-electron chi connectivity index (χ4n) is 2.32. The van der Waals surface area contributed by atoms with Gasteiger partial charge >= 0.3 is 0 Å². The van der Waals surface area contributed by atoms with Gasteiger partial charge in [0.15, 0.2) is 0 Å². The van der Waals surface area contributed by atoms with Gasteiger partial charge in [-0.25, -0.2) is 4.39 Å². The monoisotopic (exact) mass is 315 g/mol. The second-order valence-corrected chi connectivity index (χ2v) is 5.68. The predicted molar refractivity (Wildman–Crippen MR) is 74.0 cm³/mol. The molecule has 1 aromatic carbocycles. The maximum atomic E-state index is 13.3. The molecule has 2 nitrogen and oxygen atoms in total. The van der Waals surface area contributed by atoms with E-state index in [-0.39, 0.29) is 5.82 Å². The molecule has 4 heteroatoms. The highest BCUT2D eigenvalue weighted by Crippen LogP contribution is 2.18. The van der Waals surface area contributed by atoms with E-state index in [2.05, 4.69) is 27.8 Å². The van der Waals surface area contributed by atoms with Crippen LogP contribution in [0.25, 0.3) is 0 Å². The molecule has 0 N–H and O–H groups in total. The summed E-state index contributed by atoms with van der Waals surface area (Å²) in [5.74, 6) is -0.183. The highest BCUT2D eigenvalue weighted by Gasteiger charge is 2.17. The van der Waals surface area contributed by atoms with E-state index in [1.165, 1.54) is 6.07 Å². The molecular weight excluding hydrogens is 297 g/mol. The minimum Gasteiger partial charge on any atom is -0.377 e. The summed E-state index contributed by atoms with van der Waals surface area (Å²) in [6, 6.07) is 5.08. The van der Waals surface area contributed by atoms with Crippen molar-refractivity contribution in [2.24, 2.45) is 0 Å². The summed E-state index contributed by atoms with van der Waals surface area (Å²) >= 11 is 3.34. The zero-order valence-corrected chi connectivity index (χ0v) is 12.2. The molecule has 2 rings (SSSR count). The van der Waals surface area contributed by atoms with Crippen LogP contribution in [0.2, 0.25) is 0 Å². The molecule has 100 valence electrons. The van der Waals surface area contributed by atoms with Gasteiger partial charge in [0.05, 0.1) is 6.10 Å². The third kappa shape index (κ3) is 4.04. The Labute approximate surface area is 116 Å². The minimum atomic E-state index is -0.183. The average Bonchev–Trinajstić information content (AvgIpc) is 2.52. The number of hydrogen-bond donors (Lipinski definition) is 0. The van der Waals surface area contributed by atoms with E-state index in [1.807, 2.05) is 6.07 Å². The average molecular weight is 316 g/mol. The molecule has 0 radical (unpaired) electrons. The molecule has 1 aliphatic rings. The van der Waals surface area contributed by atoms with E-state index in [9.17, 15) is 4.39 Å². The molecule has 1 heterocycles. The molecule has 1 fully saturated rings. The van der Waals surface area contributed by atoms with Crippen LogP contribution in [0.5, 0.6) is 0 Å². The first-order chi connectivity index (χ1) is 8.67. The second-order valence-electron chi connectivity index (χ2n) is 4.77. The van der Waals surface area contributed by atoms with Gasteiger partial charge in [-0.15, -0.1) is 0 Å². The normalized spacial score (nSPS) is 21.8. The zero-order valence-electron chi connectivity index (χ0n) is 10.7. The number of hydrogen-bond acceptors (Lipinski definition) is 2. The molecule has 1 saturated heterocycles. The summed E-state index contributed by atoms with van der Waals surface area (Å²) in [6.07, 6.45) is 2.39. The summed E-state index contributed by atoms with van der Waals surface area (Å²) < 4.78 is 19.9. The lowest BCUT2D eigenvalue weighted by Gasteiger charge is -2.23. The molecule has 18 heavy (non-hydrogen) atoms. The maximum absolute atomic E-state index is 13.3. The van der Waals surface area contributed by atoms with E-state index in [4.69, 9.17) is 4.74 Å². The molecule has 0 spiro atoms. The zero-order chi connectivity index (χ0) is 13.0. The Bertz CT molecular complexity index is 379. The van der Waals surface area contributed by atoms with Crippen LogP contribution in [-0.2, 0) is 11.3 Å². The highest BCUT2D eigenvalue weighted by atomic mass is 79.9. The largest absolute Gasteiger partial charge is 0.377 e. The van der Waals surface area contributed by atoms with Gasteiger partial charge in [0.1, 0.15) is 5.82 Å². The lowest BCUT2D eigenvalue weighted by Crippen LogP contribution is -2.31. The van der Waals surface area contributed by atoms with Gasteiger partial charge in [0.25, 0.3) is 0 Å². The minimum absolute atomic E-state index is 0.183. The van der Waals surface area contributed by atoms with Crippen molar-refractivity contribution in [2.75, 3.05) is 19.7 Å². The Hall–Kier alpha value is -0.450. The number of benzene rings is 1. The molecule has 0 bridgehead atoms. The van der Waals surface area contributed by atoms with Crippen molar-refractivity contribution < 1.29 is 9.13 Å². The van der Waals surface area contributed by atoms with Crippen LogP contribution in [0.4, 0.5) is 4.39 Å². The van der Waals surface area contributed by atoms with E-state index in [0.717, 1.165) is 49.1 Å². The van der Waals surface area contributed by atoms with E-state index in [0.29, 0.717) is 6.10 Å². The van der Waals surface area contributed by atoms with Gasteiger partial charge in [-0.3, -0.25) is 4.90 Å². The fourth-order valence-corrected chi connectivity index (χ4v) is 2.83. The standard InChI is InChI=1S/C14H19BrFNO/c1-2-14-10-17(4-3-5-18-14)9-11-6-12(15)8-13(16)7-11/h6-8,14H,2-5,9-10H2,1H3. The summed E-state index contributed by atoms with van der Waals surface area (Å²) in [5, 5.41) is 0. The number of ether oxygens (including phenoxy) is 1. The molecular formula is C14H19BrFNO. The van der Waals surface area contributed by atoms with Crippen molar-refractivity contribution in [3.63, 3.8) is 0 Å². The lowest BCUT2D eigenvalue weighted by molar-refractivity contribution is 0.0510. The number of nitrogens with zero attached hydrogens (tertiary/aromatic N) is 1. The van der Waals surface area contributed by atoms with Crippen LogP contribution in [0, 0.1) is 5.82 Å². The fraction of sp³-hybridized carbons (Fsp3) is 0.571. The topological polar surface area (TPSA) is 12.5 Å². The third-order valence-electron chi connectivity index (χ3n) is 3.22. The van der Waals surface area contributed by atoms with E-state index in [1.54, 1.807) is 6.07 Å². The Morgan fingerprint density at radius 2 is 2.28 bits per heavy atom. The van der Waals surface area contributed by atoms with Crippen molar-refractivity contribution in [1.29, 1.82) is 0 Å². The number of halogens is 2. The molecule has 1 aromatic rings. The second kappa shape index (κ2) is 6.64. The van der Waals surface area contributed by atoms with E-state index < -0.39 is 0 Å². The van der Waals surface area contributed by atoms with E-state index >= 15 is 0 Å². The van der Waals surface area contributed by atoms with Gasteiger partial charge < -0.3 is 4.74 Å². The summed E-state index contributed by atoms with van der Waals surface area (Å²) in [4.78, 5) is 2.35. The van der Waals surface area contributed by atoms with Gasteiger partial charge in [0, 0.05) is 30.7 Å². The third-order valence-corrected chi connectivity index (χ3v) is 3.68. The summed E-state index contributed by atoms with van der Waals surface area (Å²) in [7, 11) is 0. The molecule has 1 atom stereocenters. The summed E-state index contributed by atoms with van der Waals surface area (Å²) in [6.45, 7) is 5.72. The van der Waals surface area contributed by atoms with Crippen LogP contribution in [0.1, 0.15) is 25.3 Å². The first-order valence-corrected chi connectivity index (χ1v) is 7.25. The Morgan fingerprint density at radius 3 is 3.00 bits per heavy atom. The smallest absolute Gasteiger partial charge is 0.124 e. The molecule has 0 aromatic heterocycles. The van der Waals surface area contributed by atoms with Crippen molar-refractivity contribution >= 4 is 15.9 Å². The predicted octanol–water partition coefficient (Wildman–Crippen LogP) is 3.59. The molecule has 1 unspecified atom stereocenters. The molecule has 1 aliphatic heterocycles. The van der Waals surface area contributed by atoms with Crippen LogP contribution < -0.4 is 0 Å². The number of rotatable bonds is 3. The van der Waals surface area contributed by atoms with Crippen LogP contribution in [0.15, 0.2) is 22.7 Å². The van der Waals surface area contributed by atoms with Gasteiger partial charge in [0.2, 0.25) is 0 Å². The summed E-state index contributed by atoms with van der Waals surface area (Å²) in [5.41, 5.74) is 1.01. The highest BCUT2D eigenvalue weighted by molar-refractivity contribution is 9.10.